The number of nitrogens with one attached hydrogen (secondary N) is 1. The van der Waals surface area contributed by atoms with E-state index in [-0.39, 0.29) is 12.3 Å². The van der Waals surface area contributed by atoms with Crippen LogP contribution in [0.1, 0.15) is 11.5 Å². The summed E-state index contributed by atoms with van der Waals surface area (Å²) in [5.74, 6) is 1.48. The molecule has 1 aliphatic rings. The molecule has 1 saturated heterocycles. The second kappa shape index (κ2) is 8.17. The summed E-state index contributed by atoms with van der Waals surface area (Å²) in [6.07, 6.45) is 0.218. The van der Waals surface area contributed by atoms with Crippen molar-refractivity contribution in [2.75, 3.05) is 36.5 Å². The third kappa shape index (κ3) is 4.09. The van der Waals surface area contributed by atoms with Crippen LogP contribution in [0.4, 0.5) is 10.8 Å². The molecule has 154 valence electrons. The van der Waals surface area contributed by atoms with Crippen LogP contribution in [0, 0.1) is 6.92 Å². The zero-order valence-corrected chi connectivity index (χ0v) is 18.0. The molecule has 5 rings (SSSR count). The van der Waals surface area contributed by atoms with Crippen molar-refractivity contribution < 1.29 is 13.9 Å². The number of thiazole rings is 2. The second-order valence-electron chi connectivity index (χ2n) is 7.06. The zero-order chi connectivity index (χ0) is 20.5. The molecule has 0 aliphatic carbocycles. The summed E-state index contributed by atoms with van der Waals surface area (Å²) in [4.78, 5) is 24.0. The van der Waals surface area contributed by atoms with Gasteiger partial charge in [0, 0.05) is 24.2 Å². The maximum absolute atomic E-state index is 12.5. The fourth-order valence-corrected chi connectivity index (χ4v) is 5.14. The molecule has 9 heteroatoms. The van der Waals surface area contributed by atoms with Crippen LogP contribution in [-0.4, -0.2) is 42.2 Å². The van der Waals surface area contributed by atoms with Crippen molar-refractivity contribution in [3.05, 3.63) is 47.2 Å². The number of hydrogen-bond acceptors (Lipinski definition) is 8. The lowest BCUT2D eigenvalue weighted by Gasteiger charge is -2.25. The van der Waals surface area contributed by atoms with E-state index < -0.39 is 0 Å². The predicted molar refractivity (Wildman–Crippen MR) is 120 cm³/mol. The normalized spacial score (nSPS) is 14.4. The topological polar surface area (TPSA) is 80.5 Å². The number of aromatic nitrogens is 2. The number of aryl methyl sites for hydroxylation is 1. The van der Waals surface area contributed by atoms with Gasteiger partial charge in [0.2, 0.25) is 5.91 Å². The summed E-state index contributed by atoms with van der Waals surface area (Å²) in [5.41, 5.74) is 2.44. The fourth-order valence-electron chi connectivity index (χ4n) is 3.30. The number of carbonyl (C=O) groups is 1. The van der Waals surface area contributed by atoms with Gasteiger partial charge in [0.1, 0.15) is 5.76 Å². The summed E-state index contributed by atoms with van der Waals surface area (Å²) >= 11 is 3.12. The highest BCUT2D eigenvalue weighted by Gasteiger charge is 2.16. The Morgan fingerprint density at radius 1 is 1.20 bits per heavy atom. The third-order valence-electron chi connectivity index (χ3n) is 4.79. The van der Waals surface area contributed by atoms with E-state index in [1.165, 1.54) is 11.3 Å². The van der Waals surface area contributed by atoms with E-state index in [1.807, 2.05) is 42.6 Å². The Morgan fingerprint density at radius 3 is 2.87 bits per heavy atom. The van der Waals surface area contributed by atoms with Gasteiger partial charge in [-0.3, -0.25) is 4.79 Å². The first-order valence-electron chi connectivity index (χ1n) is 9.68. The minimum absolute atomic E-state index is 0.0975. The molecule has 1 N–H and O–H groups in total. The fraction of sp³-hybridized carbons (Fsp3) is 0.286. The molecule has 7 nitrogen and oxygen atoms in total. The standard InChI is InChI=1S/C21H20N4O3S2/c1-13-2-5-17(28-13)20-23-15(12-29-20)11-19(26)22-14-3-4-16-18(10-14)30-21(24-16)25-6-8-27-9-7-25/h2-5,10,12H,6-9,11H2,1H3,(H,22,26). The van der Waals surface area contributed by atoms with Gasteiger partial charge < -0.3 is 19.4 Å². The molecule has 0 spiro atoms. The number of rotatable bonds is 5. The van der Waals surface area contributed by atoms with Gasteiger partial charge in [-0.25, -0.2) is 9.97 Å². The van der Waals surface area contributed by atoms with Crippen molar-refractivity contribution in [3.8, 4) is 10.8 Å². The van der Waals surface area contributed by atoms with E-state index in [0.717, 1.165) is 69.6 Å². The van der Waals surface area contributed by atoms with E-state index >= 15 is 0 Å². The van der Waals surface area contributed by atoms with Crippen LogP contribution in [0.15, 0.2) is 40.1 Å². The van der Waals surface area contributed by atoms with Crippen LogP contribution >= 0.6 is 22.7 Å². The lowest BCUT2D eigenvalue weighted by Crippen LogP contribution is -2.36. The van der Waals surface area contributed by atoms with Crippen molar-refractivity contribution in [3.63, 3.8) is 0 Å². The summed E-state index contributed by atoms with van der Waals surface area (Å²) in [5, 5.41) is 6.65. The van der Waals surface area contributed by atoms with Gasteiger partial charge in [-0.15, -0.1) is 11.3 Å². The second-order valence-corrected chi connectivity index (χ2v) is 8.92. The molecule has 0 saturated carbocycles. The molecule has 3 aromatic heterocycles. The van der Waals surface area contributed by atoms with Crippen LogP contribution in [-0.2, 0) is 16.0 Å². The Hall–Kier alpha value is -2.75. The SMILES string of the molecule is Cc1ccc(-c2nc(CC(=O)Nc3ccc4nc(N5CCOCC5)sc4c3)cs2)o1. The predicted octanol–water partition coefficient (Wildman–Crippen LogP) is 4.34. The van der Waals surface area contributed by atoms with Crippen LogP contribution in [0.5, 0.6) is 0 Å². The zero-order valence-electron chi connectivity index (χ0n) is 16.4. The number of amides is 1. The molecular weight excluding hydrogens is 420 g/mol. The molecule has 0 bridgehead atoms. The average Bonchev–Trinajstić information content (AvgIpc) is 3.47. The van der Waals surface area contributed by atoms with Crippen molar-refractivity contribution in [2.24, 2.45) is 0 Å². The van der Waals surface area contributed by atoms with Crippen LogP contribution in [0.3, 0.4) is 0 Å². The van der Waals surface area contributed by atoms with Crippen LogP contribution in [0.25, 0.3) is 21.0 Å². The number of hydrogen-bond donors (Lipinski definition) is 1. The van der Waals surface area contributed by atoms with E-state index in [4.69, 9.17) is 14.1 Å². The van der Waals surface area contributed by atoms with Crippen molar-refractivity contribution in [1.82, 2.24) is 9.97 Å². The number of ether oxygens (including phenoxy) is 1. The minimum Gasteiger partial charge on any atom is -0.459 e. The Morgan fingerprint density at radius 2 is 2.07 bits per heavy atom. The molecule has 1 aliphatic heterocycles. The highest BCUT2D eigenvalue weighted by molar-refractivity contribution is 7.22. The minimum atomic E-state index is -0.0975. The Kier molecular flexibility index (Phi) is 5.24. The number of nitrogens with zero attached hydrogens (tertiary/aromatic N) is 3. The maximum Gasteiger partial charge on any atom is 0.230 e. The summed E-state index contributed by atoms with van der Waals surface area (Å²) in [6.45, 7) is 5.08. The van der Waals surface area contributed by atoms with Crippen LogP contribution in [0.2, 0.25) is 0 Å². The number of benzene rings is 1. The van der Waals surface area contributed by atoms with Crippen molar-refractivity contribution in [2.45, 2.75) is 13.3 Å². The number of furan rings is 1. The molecule has 1 fully saturated rings. The first kappa shape index (κ1) is 19.2. The number of anilines is 2. The van der Waals surface area contributed by atoms with Gasteiger partial charge in [-0.05, 0) is 37.3 Å². The summed E-state index contributed by atoms with van der Waals surface area (Å²) in [7, 11) is 0. The highest BCUT2D eigenvalue weighted by Crippen LogP contribution is 2.31. The molecule has 0 radical (unpaired) electrons. The molecule has 0 atom stereocenters. The lowest BCUT2D eigenvalue weighted by molar-refractivity contribution is -0.115. The molecule has 1 aromatic carbocycles. The largest absolute Gasteiger partial charge is 0.459 e. The lowest BCUT2D eigenvalue weighted by atomic mass is 10.2. The van der Waals surface area contributed by atoms with Crippen molar-refractivity contribution in [1.29, 1.82) is 0 Å². The van der Waals surface area contributed by atoms with E-state index in [0.29, 0.717) is 0 Å². The monoisotopic (exact) mass is 440 g/mol. The molecule has 0 unspecified atom stereocenters. The summed E-state index contributed by atoms with van der Waals surface area (Å²) < 4.78 is 12.1. The first-order chi connectivity index (χ1) is 14.6. The third-order valence-corrected chi connectivity index (χ3v) is 6.77. The van der Waals surface area contributed by atoms with Gasteiger partial charge in [0.25, 0.3) is 0 Å². The van der Waals surface area contributed by atoms with E-state index in [1.54, 1.807) is 11.3 Å². The molecule has 4 aromatic rings. The highest BCUT2D eigenvalue weighted by atomic mass is 32.1. The number of morpholine rings is 1. The molecule has 1 amide bonds. The van der Waals surface area contributed by atoms with E-state index in [9.17, 15) is 4.79 Å². The van der Waals surface area contributed by atoms with Crippen LogP contribution < -0.4 is 10.2 Å². The number of fused-ring (bicyclic) bond motifs is 1. The van der Waals surface area contributed by atoms with Crippen molar-refractivity contribution >= 4 is 49.6 Å². The smallest absolute Gasteiger partial charge is 0.230 e. The van der Waals surface area contributed by atoms with Gasteiger partial charge in [0.15, 0.2) is 15.9 Å². The van der Waals surface area contributed by atoms with Gasteiger partial charge in [-0.2, -0.15) is 0 Å². The molecular formula is C21H20N4O3S2. The van der Waals surface area contributed by atoms with Gasteiger partial charge in [-0.1, -0.05) is 11.3 Å². The first-order valence-corrected chi connectivity index (χ1v) is 11.4. The Bertz CT molecular complexity index is 1190. The maximum atomic E-state index is 12.5. The number of carbonyl (C=O) groups excluding carboxylic acids is 1. The van der Waals surface area contributed by atoms with E-state index in [2.05, 4.69) is 15.2 Å². The summed E-state index contributed by atoms with van der Waals surface area (Å²) in [6, 6.07) is 9.62. The van der Waals surface area contributed by atoms with Gasteiger partial charge in [0.05, 0.1) is 35.5 Å². The quantitative estimate of drug-likeness (QED) is 0.497. The van der Waals surface area contributed by atoms with Gasteiger partial charge >= 0.3 is 0 Å². The molecule has 30 heavy (non-hydrogen) atoms. The Labute approximate surface area is 181 Å². The average molecular weight is 441 g/mol. The Balaban J connectivity index is 1.26. The molecule has 4 heterocycles.